The smallest absolute Gasteiger partial charge is 0.274 e. The number of carbonyl (C=O) groups is 2. The predicted octanol–water partition coefficient (Wildman–Crippen LogP) is 2.52. The van der Waals surface area contributed by atoms with Crippen molar-refractivity contribution in [2.24, 2.45) is 11.8 Å². The van der Waals surface area contributed by atoms with Gasteiger partial charge in [-0.25, -0.2) is 8.78 Å². The molecule has 2 saturated carbocycles. The lowest BCUT2D eigenvalue weighted by atomic mass is 10.0. The summed E-state index contributed by atoms with van der Waals surface area (Å²) in [5.41, 5.74) is 5.49. The SMILES string of the molecule is Cc1cccc(N2CCN(C(=O)Cn3nc(C(=O)N4CCC(O)CC4)c4c3C3C5[C@H]3[C@H]45)C(C(F)F)C2)c1C. The number of hydrogen-bond donors (Lipinski definition) is 1. The minimum Gasteiger partial charge on any atom is -0.393 e. The summed E-state index contributed by atoms with van der Waals surface area (Å²) in [4.78, 5) is 31.9. The Labute approximate surface area is 220 Å². The molecule has 6 aliphatic rings. The highest BCUT2D eigenvalue weighted by atomic mass is 19.3. The van der Waals surface area contributed by atoms with Gasteiger partial charge in [-0.3, -0.25) is 14.3 Å². The van der Waals surface area contributed by atoms with Crippen molar-refractivity contribution in [2.75, 3.05) is 37.6 Å². The molecule has 1 N–H and O–H groups in total. The van der Waals surface area contributed by atoms with Crippen molar-refractivity contribution < 1.29 is 23.5 Å². The number of amides is 2. The van der Waals surface area contributed by atoms with Crippen LogP contribution in [-0.4, -0.2) is 87.8 Å². The number of aliphatic hydroxyl groups is 1. The van der Waals surface area contributed by atoms with Gasteiger partial charge in [-0.15, -0.1) is 0 Å². The molecular formula is C28H33F2N5O3. The molecule has 2 aromatic rings. The molecule has 2 saturated heterocycles. The fourth-order valence-electron chi connectivity index (χ4n) is 7.29. The molecule has 38 heavy (non-hydrogen) atoms. The Balaban J connectivity index is 1.11. The number of nitrogens with zero attached hydrogens (tertiary/aromatic N) is 5. The van der Waals surface area contributed by atoms with Crippen molar-refractivity contribution in [3.05, 3.63) is 46.3 Å². The van der Waals surface area contributed by atoms with Crippen LogP contribution in [0, 0.1) is 25.7 Å². The Kier molecular flexibility index (Phi) is 5.38. The molecule has 4 aliphatic carbocycles. The Hall–Kier alpha value is -3.01. The lowest BCUT2D eigenvalue weighted by Crippen LogP contribution is -2.58. The quantitative estimate of drug-likeness (QED) is 0.649. The highest BCUT2D eigenvalue weighted by Crippen LogP contribution is 2.88. The molecule has 0 spiro atoms. The number of piperidine rings is 1. The van der Waals surface area contributed by atoms with Gasteiger partial charge in [-0.1, -0.05) is 12.1 Å². The van der Waals surface area contributed by atoms with E-state index in [2.05, 4.69) is 5.10 Å². The first-order valence-corrected chi connectivity index (χ1v) is 13.7. The van der Waals surface area contributed by atoms with Crippen LogP contribution in [-0.2, 0) is 11.3 Å². The molecule has 3 unspecified atom stereocenters. The summed E-state index contributed by atoms with van der Waals surface area (Å²) in [5.74, 6) is 1.33. The van der Waals surface area contributed by atoms with Crippen molar-refractivity contribution in [3.8, 4) is 0 Å². The van der Waals surface area contributed by atoms with Crippen molar-refractivity contribution in [1.82, 2.24) is 19.6 Å². The third kappa shape index (κ3) is 3.52. The van der Waals surface area contributed by atoms with E-state index in [1.807, 2.05) is 36.9 Å². The number of carbonyl (C=O) groups excluding carboxylic acids is 2. The van der Waals surface area contributed by atoms with Gasteiger partial charge in [0.2, 0.25) is 5.91 Å². The van der Waals surface area contributed by atoms with Crippen molar-refractivity contribution >= 4 is 17.5 Å². The molecule has 10 heteroatoms. The molecule has 4 fully saturated rings. The fourth-order valence-corrected chi connectivity index (χ4v) is 7.29. The van der Waals surface area contributed by atoms with Crippen LogP contribution in [0.15, 0.2) is 18.2 Å². The summed E-state index contributed by atoms with van der Waals surface area (Å²) in [6, 6.07) is 4.68. The normalized spacial score (nSPS) is 29.5. The number of aliphatic hydroxyl groups excluding tert-OH is 1. The van der Waals surface area contributed by atoms with E-state index in [0.717, 1.165) is 28.1 Å². The van der Waals surface area contributed by atoms with Gasteiger partial charge in [0, 0.05) is 55.6 Å². The third-order valence-corrected chi connectivity index (χ3v) is 9.69. The summed E-state index contributed by atoms with van der Waals surface area (Å²) < 4.78 is 30.2. The fraction of sp³-hybridized carbons (Fsp3) is 0.607. The van der Waals surface area contributed by atoms with E-state index in [0.29, 0.717) is 61.8 Å². The summed E-state index contributed by atoms with van der Waals surface area (Å²) in [6.45, 7) is 5.62. The molecule has 0 radical (unpaired) electrons. The summed E-state index contributed by atoms with van der Waals surface area (Å²) in [7, 11) is 0. The molecule has 1 aromatic heterocycles. The number of benzene rings is 1. The van der Waals surface area contributed by atoms with E-state index in [1.54, 1.807) is 9.58 Å². The zero-order chi connectivity index (χ0) is 26.5. The van der Waals surface area contributed by atoms with Crippen LogP contribution in [0.2, 0.25) is 0 Å². The van der Waals surface area contributed by atoms with E-state index >= 15 is 0 Å². The number of aromatic nitrogens is 2. The lowest BCUT2D eigenvalue weighted by Gasteiger charge is -2.42. The highest BCUT2D eigenvalue weighted by molar-refractivity contribution is 5.96. The summed E-state index contributed by atoms with van der Waals surface area (Å²) in [6.07, 6.45) is -1.95. The van der Waals surface area contributed by atoms with Gasteiger partial charge in [0.1, 0.15) is 12.6 Å². The van der Waals surface area contributed by atoms with Crippen LogP contribution in [0.5, 0.6) is 0 Å². The average molecular weight is 526 g/mol. The standard InChI is InChI=1S/C28H33F2N5O3/c1-14-4-3-5-17(15(14)2)33-10-11-34(18(12-33)27(29)30)19(37)13-35-26-23-20-21(23)22(20)24(26)25(31-35)28(38)32-8-6-16(36)7-9-32/h3-5,16,18,20-23,27,36H,6-13H2,1-2H3/t18?,20-,21?,22-,23?/m0/s1. The van der Waals surface area contributed by atoms with Crippen LogP contribution in [0.25, 0.3) is 0 Å². The van der Waals surface area contributed by atoms with Crippen LogP contribution in [0.4, 0.5) is 14.5 Å². The minimum atomic E-state index is -2.67. The largest absolute Gasteiger partial charge is 0.393 e. The van der Waals surface area contributed by atoms with Crippen molar-refractivity contribution in [1.29, 1.82) is 0 Å². The number of likely N-dealkylation sites (tertiary alicyclic amines) is 1. The van der Waals surface area contributed by atoms with E-state index < -0.39 is 12.5 Å². The predicted molar refractivity (Wildman–Crippen MR) is 135 cm³/mol. The first kappa shape index (κ1) is 24.1. The van der Waals surface area contributed by atoms with Crippen molar-refractivity contribution in [2.45, 2.75) is 63.6 Å². The van der Waals surface area contributed by atoms with Crippen molar-refractivity contribution in [3.63, 3.8) is 0 Å². The number of halogens is 2. The molecule has 2 aliphatic heterocycles. The second-order valence-electron chi connectivity index (χ2n) is 11.7. The van der Waals surface area contributed by atoms with E-state index in [4.69, 9.17) is 0 Å². The number of aryl methyl sites for hydroxylation is 1. The first-order valence-electron chi connectivity index (χ1n) is 13.7. The number of rotatable bonds is 5. The first-order chi connectivity index (χ1) is 18.3. The van der Waals surface area contributed by atoms with Crippen LogP contribution < -0.4 is 4.90 Å². The topological polar surface area (TPSA) is 81.9 Å². The van der Waals surface area contributed by atoms with Gasteiger partial charge >= 0.3 is 0 Å². The van der Waals surface area contributed by atoms with Gasteiger partial charge in [0.25, 0.3) is 12.3 Å². The monoisotopic (exact) mass is 525 g/mol. The average Bonchev–Trinajstić information content (AvgIpc) is 3.67. The number of anilines is 1. The molecule has 1 aromatic carbocycles. The number of hydrogen-bond acceptors (Lipinski definition) is 5. The summed E-state index contributed by atoms with van der Waals surface area (Å²) in [5, 5.41) is 14.5. The third-order valence-electron chi connectivity index (χ3n) is 9.69. The van der Waals surface area contributed by atoms with Crippen LogP contribution in [0.3, 0.4) is 0 Å². The maximum Gasteiger partial charge on any atom is 0.274 e. The van der Waals surface area contributed by atoms with Gasteiger partial charge in [-0.2, -0.15) is 5.10 Å². The maximum absolute atomic E-state index is 14.3. The van der Waals surface area contributed by atoms with Gasteiger partial charge in [0.05, 0.1) is 6.10 Å². The van der Waals surface area contributed by atoms with E-state index in [1.165, 1.54) is 4.90 Å². The minimum absolute atomic E-state index is 0.0737. The highest BCUT2D eigenvalue weighted by Gasteiger charge is 2.81. The van der Waals surface area contributed by atoms with Gasteiger partial charge in [0.15, 0.2) is 5.69 Å². The Bertz CT molecular complexity index is 1310. The summed E-state index contributed by atoms with van der Waals surface area (Å²) >= 11 is 0. The van der Waals surface area contributed by atoms with E-state index in [9.17, 15) is 23.5 Å². The Morgan fingerprint density at radius 2 is 1.82 bits per heavy atom. The maximum atomic E-state index is 14.3. The zero-order valence-corrected chi connectivity index (χ0v) is 21.7. The molecule has 8 nitrogen and oxygen atoms in total. The lowest BCUT2D eigenvalue weighted by molar-refractivity contribution is -0.138. The van der Waals surface area contributed by atoms with E-state index in [-0.39, 0.29) is 37.6 Å². The number of alkyl halides is 2. The molecule has 202 valence electrons. The molecule has 5 atom stereocenters. The molecular weight excluding hydrogens is 492 g/mol. The molecule has 8 rings (SSSR count). The van der Waals surface area contributed by atoms with Gasteiger partial charge in [-0.05, 0) is 61.6 Å². The number of piperazine rings is 1. The second kappa shape index (κ2) is 8.49. The Morgan fingerprint density at radius 3 is 2.53 bits per heavy atom. The van der Waals surface area contributed by atoms with Crippen LogP contribution in [0.1, 0.15) is 57.6 Å². The molecule has 2 bridgehead atoms. The molecule has 2 amide bonds. The zero-order valence-electron chi connectivity index (χ0n) is 21.7. The van der Waals surface area contributed by atoms with Crippen LogP contribution >= 0.6 is 0 Å². The van der Waals surface area contributed by atoms with Gasteiger partial charge < -0.3 is 19.8 Å². The second-order valence-corrected chi connectivity index (χ2v) is 11.7. The Morgan fingerprint density at radius 1 is 1.08 bits per heavy atom. The molecule has 3 heterocycles.